The topological polar surface area (TPSA) is 50.1 Å². The maximum Gasteiger partial charge on any atom is 0.417 e. The number of nitriles is 1. The van der Waals surface area contributed by atoms with Gasteiger partial charge in [0.1, 0.15) is 0 Å². The van der Waals surface area contributed by atoms with E-state index in [-0.39, 0.29) is 12.2 Å². The highest BCUT2D eigenvalue weighted by Gasteiger charge is 2.39. The number of hydrogen-bond acceptors (Lipinski definition) is 3. The van der Waals surface area contributed by atoms with Crippen LogP contribution in [-0.4, -0.2) is 12.6 Å². The minimum Gasteiger partial charge on any atom is -0.466 e. The van der Waals surface area contributed by atoms with Crippen molar-refractivity contribution < 1.29 is 31.5 Å². The van der Waals surface area contributed by atoms with Crippen LogP contribution in [0.15, 0.2) is 12.1 Å². The lowest BCUT2D eigenvalue weighted by atomic mass is 9.95. The third-order valence-electron chi connectivity index (χ3n) is 2.54. The fourth-order valence-corrected chi connectivity index (χ4v) is 1.82. The van der Waals surface area contributed by atoms with Crippen LogP contribution in [-0.2, 0) is 22.1 Å². The molecular formula is C13H10F5NO2. The third kappa shape index (κ3) is 4.15. The minimum absolute atomic E-state index is 0.0557. The van der Waals surface area contributed by atoms with Crippen molar-refractivity contribution in [3.63, 3.8) is 0 Å². The number of rotatable bonds is 4. The molecule has 114 valence electrons. The Morgan fingerprint density at radius 3 is 2.43 bits per heavy atom. The van der Waals surface area contributed by atoms with E-state index in [1.807, 2.05) is 0 Å². The van der Waals surface area contributed by atoms with Gasteiger partial charge in [-0.05, 0) is 24.6 Å². The Morgan fingerprint density at radius 1 is 1.38 bits per heavy atom. The molecule has 8 heteroatoms. The van der Waals surface area contributed by atoms with Gasteiger partial charge >= 0.3 is 12.1 Å². The lowest BCUT2D eigenvalue weighted by molar-refractivity contribution is -0.144. The van der Waals surface area contributed by atoms with Crippen LogP contribution in [0.5, 0.6) is 0 Å². The van der Waals surface area contributed by atoms with Gasteiger partial charge in [-0.15, -0.1) is 0 Å². The number of benzene rings is 1. The second-order valence-electron chi connectivity index (χ2n) is 3.99. The normalized spacial score (nSPS) is 11.3. The molecule has 21 heavy (non-hydrogen) atoms. The van der Waals surface area contributed by atoms with E-state index in [9.17, 15) is 26.7 Å². The van der Waals surface area contributed by atoms with Crippen LogP contribution in [0.25, 0.3) is 0 Å². The smallest absolute Gasteiger partial charge is 0.417 e. The molecule has 0 spiro atoms. The lowest BCUT2D eigenvalue weighted by Crippen LogP contribution is -2.17. The Balaban J connectivity index is 3.48. The van der Waals surface area contributed by atoms with E-state index in [4.69, 9.17) is 5.26 Å². The summed E-state index contributed by atoms with van der Waals surface area (Å²) in [6.45, 7) is 1.40. The van der Waals surface area contributed by atoms with Gasteiger partial charge in [-0.2, -0.15) is 18.4 Å². The Labute approximate surface area is 116 Å². The van der Waals surface area contributed by atoms with Crippen LogP contribution >= 0.6 is 0 Å². The van der Waals surface area contributed by atoms with Crippen molar-refractivity contribution in [2.24, 2.45) is 0 Å². The molecule has 0 bridgehead atoms. The SMILES string of the molecule is CCOC(=O)Cc1cc(C#N)cc(C(F)F)c1C(F)(F)F. The zero-order valence-electron chi connectivity index (χ0n) is 10.8. The van der Waals surface area contributed by atoms with Crippen LogP contribution in [0.2, 0.25) is 0 Å². The Bertz CT molecular complexity index is 575. The van der Waals surface area contributed by atoms with E-state index < -0.39 is 41.7 Å². The van der Waals surface area contributed by atoms with Gasteiger partial charge in [0.15, 0.2) is 0 Å². The van der Waals surface area contributed by atoms with Crippen molar-refractivity contribution in [1.29, 1.82) is 5.26 Å². The number of alkyl halides is 5. The monoisotopic (exact) mass is 307 g/mol. The van der Waals surface area contributed by atoms with Gasteiger partial charge < -0.3 is 4.74 Å². The number of esters is 1. The molecule has 0 radical (unpaired) electrons. The average Bonchev–Trinajstić information content (AvgIpc) is 2.36. The van der Waals surface area contributed by atoms with Gasteiger partial charge in [0, 0.05) is 5.56 Å². The number of carbonyl (C=O) groups excluding carboxylic acids is 1. The molecule has 0 aliphatic carbocycles. The zero-order chi connectivity index (χ0) is 16.2. The Hall–Kier alpha value is -2.17. The van der Waals surface area contributed by atoms with E-state index in [0.717, 1.165) is 6.07 Å². The second kappa shape index (κ2) is 6.52. The first kappa shape index (κ1) is 16.9. The zero-order valence-corrected chi connectivity index (χ0v) is 10.8. The van der Waals surface area contributed by atoms with Crippen molar-refractivity contribution in [1.82, 2.24) is 0 Å². The molecule has 0 fully saturated rings. The molecular weight excluding hydrogens is 297 g/mol. The summed E-state index contributed by atoms with van der Waals surface area (Å²) in [7, 11) is 0. The van der Waals surface area contributed by atoms with E-state index in [0.29, 0.717) is 6.07 Å². The summed E-state index contributed by atoms with van der Waals surface area (Å²) in [5.74, 6) is -0.988. The summed E-state index contributed by atoms with van der Waals surface area (Å²) in [6, 6.07) is 2.74. The second-order valence-corrected chi connectivity index (χ2v) is 3.99. The Morgan fingerprint density at radius 2 is 2.00 bits per heavy atom. The molecule has 0 aromatic heterocycles. The van der Waals surface area contributed by atoms with E-state index in [1.165, 1.54) is 13.0 Å². The van der Waals surface area contributed by atoms with Gasteiger partial charge in [0.25, 0.3) is 6.43 Å². The summed E-state index contributed by atoms with van der Waals surface area (Å²) < 4.78 is 69.1. The largest absolute Gasteiger partial charge is 0.466 e. The van der Waals surface area contributed by atoms with Crippen LogP contribution in [0.4, 0.5) is 22.0 Å². The highest BCUT2D eigenvalue weighted by atomic mass is 19.4. The van der Waals surface area contributed by atoms with Crippen LogP contribution in [0.3, 0.4) is 0 Å². The third-order valence-corrected chi connectivity index (χ3v) is 2.54. The molecule has 0 aliphatic heterocycles. The molecule has 0 saturated carbocycles. The molecule has 1 rings (SSSR count). The molecule has 1 aromatic carbocycles. The lowest BCUT2D eigenvalue weighted by Gasteiger charge is -2.17. The summed E-state index contributed by atoms with van der Waals surface area (Å²) in [4.78, 5) is 11.3. The highest BCUT2D eigenvalue weighted by molar-refractivity contribution is 5.73. The predicted molar refractivity (Wildman–Crippen MR) is 61.5 cm³/mol. The van der Waals surface area contributed by atoms with Crippen molar-refractivity contribution in [2.75, 3.05) is 6.61 Å². The van der Waals surface area contributed by atoms with Crippen molar-refractivity contribution in [3.8, 4) is 6.07 Å². The minimum atomic E-state index is -5.07. The maximum atomic E-state index is 13.0. The molecule has 0 saturated heterocycles. The first-order valence-corrected chi connectivity index (χ1v) is 5.78. The molecule has 0 amide bonds. The molecule has 0 heterocycles. The number of nitrogens with zero attached hydrogens (tertiary/aromatic N) is 1. The number of halogens is 5. The quantitative estimate of drug-likeness (QED) is 0.630. The summed E-state index contributed by atoms with van der Waals surface area (Å²) in [6.07, 6.45) is -9.32. The van der Waals surface area contributed by atoms with Crippen molar-refractivity contribution in [3.05, 3.63) is 34.4 Å². The molecule has 0 N–H and O–H groups in total. The molecule has 0 aliphatic rings. The summed E-state index contributed by atoms with van der Waals surface area (Å²) in [5, 5.41) is 8.71. The number of carbonyl (C=O) groups is 1. The first-order chi connectivity index (χ1) is 9.70. The summed E-state index contributed by atoms with van der Waals surface area (Å²) >= 11 is 0. The van der Waals surface area contributed by atoms with Gasteiger partial charge in [0.05, 0.1) is 30.2 Å². The van der Waals surface area contributed by atoms with Crippen LogP contribution in [0, 0.1) is 11.3 Å². The van der Waals surface area contributed by atoms with E-state index >= 15 is 0 Å². The standard InChI is InChI=1S/C13H10F5NO2/c1-2-21-10(20)5-8-3-7(6-19)4-9(12(14)15)11(8)13(16,17)18/h3-4,12H,2,5H2,1H3. The number of ether oxygens (including phenoxy) is 1. The maximum absolute atomic E-state index is 13.0. The molecule has 1 aromatic rings. The van der Waals surface area contributed by atoms with Gasteiger partial charge in [0.2, 0.25) is 0 Å². The summed E-state index contributed by atoms with van der Waals surface area (Å²) in [5.41, 5.74) is -3.99. The van der Waals surface area contributed by atoms with Crippen molar-refractivity contribution in [2.45, 2.75) is 25.9 Å². The van der Waals surface area contributed by atoms with Gasteiger partial charge in [-0.3, -0.25) is 4.79 Å². The first-order valence-electron chi connectivity index (χ1n) is 5.78. The van der Waals surface area contributed by atoms with Gasteiger partial charge in [-0.1, -0.05) is 0 Å². The van der Waals surface area contributed by atoms with E-state index in [2.05, 4.69) is 4.74 Å². The van der Waals surface area contributed by atoms with Crippen molar-refractivity contribution >= 4 is 5.97 Å². The highest BCUT2D eigenvalue weighted by Crippen LogP contribution is 2.39. The molecule has 0 unspecified atom stereocenters. The molecule has 0 atom stereocenters. The van der Waals surface area contributed by atoms with Crippen LogP contribution < -0.4 is 0 Å². The van der Waals surface area contributed by atoms with Gasteiger partial charge in [-0.25, -0.2) is 8.78 Å². The Kier molecular flexibility index (Phi) is 5.24. The van der Waals surface area contributed by atoms with E-state index in [1.54, 1.807) is 0 Å². The predicted octanol–water partition coefficient (Wildman–Crippen LogP) is 3.62. The number of hydrogen-bond donors (Lipinski definition) is 0. The average molecular weight is 307 g/mol. The van der Waals surface area contributed by atoms with Crippen LogP contribution in [0.1, 0.15) is 35.6 Å². The fourth-order valence-electron chi connectivity index (χ4n) is 1.82. The fraction of sp³-hybridized carbons (Fsp3) is 0.385. The molecule has 3 nitrogen and oxygen atoms in total.